The molecule has 1 atom stereocenters. The summed E-state index contributed by atoms with van der Waals surface area (Å²) in [4.78, 5) is 3.18. The van der Waals surface area contributed by atoms with Gasteiger partial charge in [0.2, 0.25) is 0 Å². The van der Waals surface area contributed by atoms with Crippen molar-refractivity contribution in [1.82, 2.24) is 4.98 Å². The number of aliphatic hydroxyl groups is 1. The molecule has 0 spiro atoms. The van der Waals surface area contributed by atoms with E-state index in [1.807, 2.05) is 48.1 Å². The number of nitrogens with zero attached hydrogens (tertiary/aromatic N) is 1. The highest BCUT2D eigenvalue weighted by atomic mass is 16.3. The first-order chi connectivity index (χ1) is 7.74. The smallest absolute Gasteiger partial charge is 0.253 e. The Balaban J connectivity index is 2.34. The van der Waals surface area contributed by atoms with Gasteiger partial charge in [-0.2, -0.15) is 0 Å². The lowest BCUT2D eigenvalue weighted by molar-refractivity contribution is -0.687. The van der Waals surface area contributed by atoms with Gasteiger partial charge in [-0.3, -0.25) is 0 Å². The molecule has 0 aliphatic heterocycles. The number of imidazole rings is 1. The number of aryl methyl sites for hydroxylation is 1. The van der Waals surface area contributed by atoms with Crippen LogP contribution in [0, 0.1) is 0 Å². The topological polar surface area (TPSA) is 39.9 Å². The fourth-order valence-electron chi connectivity index (χ4n) is 1.91. The van der Waals surface area contributed by atoms with E-state index in [0.29, 0.717) is 0 Å². The van der Waals surface area contributed by atoms with E-state index >= 15 is 0 Å². The monoisotopic (exact) mass is 217 g/mol. The Morgan fingerprint density at radius 3 is 2.56 bits per heavy atom. The lowest BCUT2D eigenvalue weighted by atomic mass is 10.1. The molecule has 1 aromatic heterocycles. The highest BCUT2D eigenvalue weighted by molar-refractivity contribution is 5.22. The molecule has 0 radical (unpaired) electrons. The van der Waals surface area contributed by atoms with Crippen molar-refractivity contribution in [2.45, 2.75) is 19.4 Å². The number of aromatic nitrogens is 2. The van der Waals surface area contributed by atoms with Crippen LogP contribution in [0.15, 0.2) is 36.5 Å². The molecule has 1 unspecified atom stereocenters. The minimum atomic E-state index is -0.567. The van der Waals surface area contributed by atoms with Crippen LogP contribution in [0.4, 0.5) is 0 Å². The molecule has 84 valence electrons. The number of hydrogen-bond donors (Lipinski definition) is 2. The Morgan fingerprint density at radius 1 is 1.31 bits per heavy atom. The summed E-state index contributed by atoms with van der Waals surface area (Å²) in [6.45, 7) is 2.09. The standard InChI is InChI=1S/C13H16N2O/c1-3-12-14-9-11(15(12)2)13(16)10-7-5-4-6-8-10/h4-9,13,16H,3H2,1-2H3/p+1. The van der Waals surface area contributed by atoms with Crippen LogP contribution in [0.3, 0.4) is 0 Å². The Hall–Kier alpha value is -1.61. The first-order valence-corrected chi connectivity index (χ1v) is 5.53. The minimum Gasteiger partial charge on any atom is -0.380 e. The zero-order chi connectivity index (χ0) is 11.5. The largest absolute Gasteiger partial charge is 0.380 e. The van der Waals surface area contributed by atoms with Crippen LogP contribution < -0.4 is 4.57 Å². The molecule has 1 aromatic carbocycles. The molecule has 3 heteroatoms. The van der Waals surface area contributed by atoms with Gasteiger partial charge in [0, 0.05) is 6.42 Å². The van der Waals surface area contributed by atoms with Crippen LogP contribution in [-0.2, 0) is 13.5 Å². The summed E-state index contributed by atoms with van der Waals surface area (Å²) in [5.41, 5.74) is 1.81. The zero-order valence-corrected chi connectivity index (χ0v) is 9.64. The lowest BCUT2D eigenvalue weighted by Gasteiger charge is -2.07. The SMILES string of the molecule is CCc1[nH]cc(C(O)c2ccccc2)[n+]1C. The van der Waals surface area contributed by atoms with E-state index in [9.17, 15) is 5.11 Å². The summed E-state index contributed by atoms with van der Waals surface area (Å²) in [6, 6.07) is 9.69. The third-order valence-electron chi connectivity index (χ3n) is 2.91. The quantitative estimate of drug-likeness (QED) is 0.751. The van der Waals surface area contributed by atoms with Crippen molar-refractivity contribution in [3.05, 3.63) is 53.6 Å². The first-order valence-electron chi connectivity index (χ1n) is 5.53. The van der Waals surface area contributed by atoms with Gasteiger partial charge in [-0.25, -0.2) is 9.55 Å². The van der Waals surface area contributed by atoms with Crippen LogP contribution >= 0.6 is 0 Å². The van der Waals surface area contributed by atoms with Gasteiger partial charge in [-0.15, -0.1) is 0 Å². The van der Waals surface area contributed by atoms with E-state index in [2.05, 4.69) is 11.9 Å². The summed E-state index contributed by atoms with van der Waals surface area (Å²) in [7, 11) is 1.97. The van der Waals surface area contributed by atoms with Gasteiger partial charge in [0.1, 0.15) is 12.3 Å². The maximum absolute atomic E-state index is 10.2. The molecule has 0 saturated carbocycles. The van der Waals surface area contributed by atoms with Crippen molar-refractivity contribution in [1.29, 1.82) is 0 Å². The summed E-state index contributed by atoms with van der Waals surface area (Å²) in [5, 5.41) is 10.2. The van der Waals surface area contributed by atoms with E-state index in [0.717, 1.165) is 23.5 Å². The Morgan fingerprint density at radius 2 is 2.00 bits per heavy atom. The molecule has 0 saturated heterocycles. The number of hydrogen-bond acceptors (Lipinski definition) is 1. The third kappa shape index (κ3) is 1.86. The number of benzene rings is 1. The number of H-pyrrole nitrogens is 1. The van der Waals surface area contributed by atoms with Crippen LogP contribution in [0.1, 0.15) is 30.1 Å². The maximum Gasteiger partial charge on any atom is 0.253 e. The number of rotatable bonds is 3. The first kappa shape index (κ1) is 10.9. The van der Waals surface area contributed by atoms with Gasteiger partial charge in [-0.1, -0.05) is 37.3 Å². The summed E-state index contributed by atoms with van der Waals surface area (Å²) >= 11 is 0. The van der Waals surface area contributed by atoms with Gasteiger partial charge in [0.15, 0.2) is 5.69 Å². The van der Waals surface area contributed by atoms with E-state index in [-0.39, 0.29) is 0 Å². The Bertz CT molecular complexity index is 462. The van der Waals surface area contributed by atoms with Gasteiger partial charge in [-0.05, 0) is 5.56 Å². The highest BCUT2D eigenvalue weighted by Crippen LogP contribution is 2.18. The molecule has 16 heavy (non-hydrogen) atoms. The van der Waals surface area contributed by atoms with Gasteiger partial charge >= 0.3 is 0 Å². The van der Waals surface area contributed by atoms with E-state index in [1.54, 1.807) is 0 Å². The summed E-state index contributed by atoms with van der Waals surface area (Å²) < 4.78 is 2.01. The second-order valence-corrected chi connectivity index (χ2v) is 3.89. The fraction of sp³-hybridized carbons (Fsp3) is 0.308. The average molecular weight is 217 g/mol. The molecule has 0 bridgehead atoms. The van der Waals surface area contributed by atoms with Crippen molar-refractivity contribution < 1.29 is 9.67 Å². The Labute approximate surface area is 95.4 Å². The molecule has 2 N–H and O–H groups in total. The highest BCUT2D eigenvalue weighted by Gasteiger charge is 2.21. The number of nitrogens with one attached hydrogen (secondary N) is 1. The lowest BCUT2D eigenvalue weighted by Crippen LogP contribution is -2.36. The second kappa shape index (κ2) is 4.49. The zero-order valence-electron chi connectivity index (χ0n) is 9.64. The molecule has 2 rings (SSSR count). The van der Waals surface area contributed by atoms with Gasteiger partial charge in [0.25, 0.3) is 5.82 Å². The molecule has 3 nitrogen and oxygen atoms in total. The molecular weight excluding hydrogens is 200 g/mol. The van der Waals surface area contributed by atoms with E-state index in [4.69, 9.17) is 0 Å². The van der Waals surface area contributed by atoms with Gasteiger partial charge < -0.3 is 5.11 Å². The van der Waals surface area contributed by atoms with Gasteiger partial charge in [0.05, 0.1) is 7.05 Å². The molecular formula is C13H17N2O+. The van der Waals surface area contributed by atoms with E-state index < -0.39 is 6.10 Å². The van der Waals surface area contributed by atoms with Crippen molar-refractivity contribution >= 4 is 0 Å². The van der Waals surface area contributed by atoms with E-state index in [1.165, 1.54) is 0 Å². The fourth-order valence-corrected chi connectivity index (χ4v) is 1.91. The Kier molecular flexibility index (Phi) is 3.06. The molecule has 0 aliphatic carbocycles. The molecule has 2 aromatic rings. The number of aromatic amines is 1. The van der Waals surface area contributed by atoms with Crippen molar-refractivity contribution in [3.8, 4) is 0 Å². The maximum atomic E-state index is 10.2. The van der Waals surface area contributed by atoms with Crippen LogP contribution in [0.25, 0.3) is 0 Å². The molecule has 0 amide bonds. The van der Waals surface area contributed by atoms with Crippen molar-refractivity contribution in [2.75, 3.05) is 0 Å². The number of aliphatic hydroxyl groups excluding tert-OH is 1. The normalized spacial score (nSPS) is 12.7. The summed E-state index contributed by atoms with van der Waals surface area (Å²) in [5.74, 6) is 1.12. The van der Waals surface area contributed by atoms with Crippen LogP contribution in [0.2, 0.25) is 0 Å². The second-order valence-electron chi connectivity index (χ2n) is 3.89. The summed E-state index contributed by atoms with van der Waals surface area (Å²) in [6.07, 6.45) is 2.23. The predicted octanol–water partition coefficient (Wildman–Crippen LogP) is 1.48. The average Bonchev–Trinajstić information content (AvgIpc) is 2.70. The molecule has 0 fully saturated rings. The van der Waals surface area contributed by atoms with Crippen LogP contribution in [0.5, 0.6) is 0 Å². The molecule has 1 heterocycles. The third-order valence-corrected chi connectivity index (χ3v) is 2.91. The van der Waals surface area contributed by atoms with Crippen molar-refractivity contribution in [2.24, 2.45) is 7.05 Å². The minimum absolute atomic E-state index is 0.567. The van der Waals surface area contributed by atoms with Crippen LogP contribution in [-0.4, -0.2) is 10.1 Å². The van der Waals surface area contributed by atoms with Crippen molar-refractivity contribution in [3.63, 3.8) is 0 Å². The molecule has 0 aliphatic rings. The predicted molar refractivity (Wildman–Crippen MR) is 61.9 cm³/mol.